The predicted octanol–water partition coefficient (Wildman–Crippen LogP) is -1.72. The molecule has 1 saturated heterocycles. The highest BCUT2D eigenvalue weighted by Gasteiger charge is 2.15. The fourth-order valence-electron chi connectivity index (χ4n) is 1.87. The summed E-state index contributed by atoms with van der Waals surface area (Å²) in [4.78, 5) is 24.0. The molecule has 0 amide bonds. The van der Waals surface area contributed by atoms with Crippen LogP contribution in [-0.2, 0) is 0 Å². The normalized spacial score (nSPS) is 15.4. The second-order valence-corrected chi connectivity index (χ2v) is 3.97. The fraction of sp³-hybridized carbons (Fsp3) is 0.455. The zero-order chi connectivity index (χ0) is 13.0. The Bertz CT molecular complexity index is 527. The van der Waals surface area contributed by atoms with Gasteiger partial charge in [-0.3, -0.25) is 4.79 Å². The zero-order valence-electron chi connectivity index (χ0n) is 10.1. The molecule has 0 radical (unpaired) electrons. The standard InChI is InChI=1S/C11H17N5O2/c1-2-4-13-15-7-3-10(17)16(11(15)18)14-8-5-12-6-9-14/h2-3,7,12-13H,1,4-6,8-9H2. The molecule has 0 aliphatic carbocycles. The van der Waals surface area contributed by atoms with E-state index in [2.05, 4.69) is 17.3 Å². The number of nitrogens with zero attached hydrogens (tertiary/aromatic N) is 3. The first-order valence-corrected chi connectivity index (χ1v) is 5.89. The fourth-order valence-corrected chi connectivity index (χ4v) is 1.87. The van der Waals surface area contributed by atoms with Crippen LogP contribution in [0.4, 0.5) is 0 Å². The Morgan fingerprint density at radius 2 is 2.11 bits per heavy atom. The van der Waals surface area contributed by atoms with Gasteiger partial charge in [0.1, 0.15) is 0 Å². The van der Waals surface area contributed by atoms with Crippen LogP contribution in [0, 0.1) is 0 Å². The van der Waals surface area contributed by atoms with Crippen molar-refractivity contribution >= 4 is 0 Å². The maximum Gasteiger partial charge on any atom is 0.368 e. The third-order valence-corrected chi connectivity index (χ3v) is 2.74. The van der Waals surface area contributed by atoms with Crippen molar-refractivity contribution in [3.05, 3.63) is 45.8 Å². The Labute approximate surface area is 104 Å². The number of piperazine rings is 1. The minimum Gasteiger partial charge on any atom is -0.318 e. The molecule has 1 fully saturated rings. The molecule has 0 aromatic carbocycles. The lowest BCUT2D eigenvalue weighted by Crippen LogP contribution is -2.58. The molecule has 7 heteroatoms. The molecule has 0 saturated carbocycles. The van der Waals surface area contributed by atoms with Crippen LogP contribution < -0.4 is 27.0 Å². The smallest absolute Gasteiger partial charge is 0.318 e. The highest BCUT2D eigenvalue weighted by atomic mass is 16.2. The second kappa shape index (κ2) is 5.54. The number of aromatic nitrogens is 2. The second-order valence-electron chi connectivity index (χ2n) is 3.97. The van der Waals surface area contributed by atoms with Crippen LogP contribution in [-0.4, -0.2) is 42.1 Å². The Balaban J connectivity index is 2.35. The first-order valence-electron chi connectivity index (χ1n) is 5.89. The summed E-state index contributed by atoms with van der Waals surface area (Å²) >= 11 is 0. The lowest BCUT2D eigenvalue weighted by Gasteiger charge is -2.29. The van der Waals surface area contributed by atoms with E-state index in [0.29, 0.717) is 19.6 Å². The third-order valence-electron chi connectivity index (χ3n) is 2.74. The van der Waals surface area contributed by atoms with Gasteiger partial charge in [-0.1, -0.05) is 6.08 Å². The highest BCUT2D eigenvalue weighted by Crippen LogP contribution is 1.87. The summed E-state index contributed by atoms with van der Waals surface area (Å²) in [5.41, 5.74) is 2.16. The highest BCUT2D eigenvalue weighted by molar-refractivity contribution is 4.98. The summed E-state index contributed by atoms with van der Waals surface area (Å²) in [6, 6.07) is 1.37. The van der Waals surface area contributed by atoms with E-state index in [9.17, 15) is 9.59 Å². The first-order chi connectivity index (χ1) is 8.74. The lowest BCUT2D eigenvalue weighted by atomic mass is 10.4. The van der Waals surface area contributed by atoms with Gasteiger partial charge in [0.25, 0.3) is 5.56 Å². The zero-order valence-corrected chi connectivity index (χ0v) is 10.1. The number of rotatable bonds is 4. The molecule has 2 rings (SSSR count). The molecule has 18 heavy (non-hydrogen) atoms. The lowest BCUT2D eigenvalue weighted by molar-refractivity contribution is 0.459. The molecule has 2 heterocycles. The summed E-state index contributed by atoms with van der Waals surface area (Å²) in [5.74, 6) is 0. The molecule has 2 N–H and O–H groups in total. The molecule has 1 aromatic heterocycles. The quantitative estimate of drug-likeness (QED) is 0.623. The van der Waals surface area contributed by atoms with Crippen LogP contribution in [0.1, 0.15) is 0 Å². The van der Waals surface area contributed by atoms with Gasteiger partial charge in [-0.25, -0.2) is 9.47 Å². The Morgan fingerprint density at radius 3 is 2.78 bits per heavy atom. The van der Waals surface area contributed by atoms with Crippen LogP contribution in [0.15, 0.2) is 34.5 Å². The van der Waals surface area contributed by atoms with Gasteiger partial charge in [0, 0.05) is 45.0 Å². The van der Waals surface area contributed by atoms with Crippen molar-refractivity contribution in [3.8, 4) is 0 Å². The van der Waals surface area contributed by atoms with Crippen LogP contribution in [0.25, 0.3) is 0 Å². The van der Waals surface area contributed by atoms with E-state index in [1.807, 2.05) is 0 Å². The van der Waals surface area contributed by atoms with Crippen molar-refractivity contribution < 1.29 is 0 Å². The van der Waals surface area contributed by atoms with Gasteiger partial charge in [-0.15, -0.1) is 6.58 Å². The maximum atomic E-state index is 12.2. The van der Waals surface area contributed by atoms with Gasteiger partial charge < -0.3 is 15.8 Å². The van der Waals surface area contributed by atoms with E-state index >= 15 is 0 Å². The Hall–Kier alpha value is -2.02. The molecule has 0 atom stereocenters. The minimum absolute atomic E-state index is 0.307. The van der Waals surface area contributed by atoms with Crippen LogP contribution in [0.2, 0.25) is 0 Å². The van der Waals surface area contributed by atoms with E-state index in [0.717, 1.165) is 13.1 Å². The van der Waals surface area contributed by atoms with Crippen molar-refractivity contribution in [3.63, 3.8) is 0 Å². The molecule has 0 unspecified atom stereocenters. The topological polar surface area (TPSA) is 71.3 Å². The van der Waals surface area contributed by atoms with E-state index in [1.165, 1.54) is 21.6 Å². The molecule has 98 valence electrons. The molecule has 0 spiro atoms. The Kier molecular flexibility index (Phi) is 3.83. The van der Waals surface area contributed by atoms with E-state index in [4.69, 9.17) is 0 Å². The van der Waals surface area contributed by atoms with Gasteiger partial charge in [0.05, 0.1) is 0 Å². The van der Waals surface area contributed by atoms with Gasteiger partial charge >= 0.3 is 5.69 Å². The number of hydrogen-bond acceptors (Lipinski definition) is 5. The molecule has 1 aliphatic rings. The molecule has 7 nitrogen and oxygen atoms in total. The number of nitrogens with one attached hydrogen (secondary N) is 2. The monoisotopic (exact) mass is 251 g/mol. The molecular weight excluding hydrogens is 234 g/mol. The summed E-state index contributed by atoms with van der Waals surface area (Å²) in [5, 5.41) is 4.93. The van der Waals surface area contributed by atoms with Crippen molar-refractivity contribution in [1.82, 2.24) is 14.7 Å². The Morgan fingerprint density at radius 1 is 1.39 bits per heavy atom. The average Bonchev–Trinajstić information content (AvgIpc) is 2.39. The first kappa shape index (κ1) is 12.4. The average molecular weight is 251 g/mol. The molecule has 0 bridgehead atoms. The molecule has 1 aromatic rings. The van der Waals surface area contributed by atoms with Crippen LogP contribution in [0.5, 0.6) is 0 Å². The van der Waals surface area contributed by atoms with Gasteiger partial charge in [-0.05, 0) is 0 Å². The summed E-state index contributed by atoms with van der Waals surface area (Å²) in [6.45, 7) is 6.84. The van der Waals surface area contributed by atoms with Gasteiger partial charge in [-0.2, -0.15) is 4.68 Å². The van der Waals surface area contributed by atoms with Crippen molar-refractivity contribution in [1.29, 1.82) is 0 Å². The summed E-state index contributed by atoms with van der Waals surface area (Å²) in [7, 11) is 0. The maximum absolute atomic E-state index is 12.2. The SMILES string of the molecule is C=CCNn1ccc(=O)n(N2CCNCC2)c1=O. The molecule has 1 aliphatic heterocycles. The third kappa shape index (κ3) is 2.45. The van der Waals surface area contributed by atoms with Gasteiger partial charge in [0.2, 0.25) is 0 Å². The van der Waals surface area contributed by atoms with E-state index in [-0.39, 0.29) is 11.2 Å². The number of hydrogen-bond donors (Lipinski definition) is 2. The minimum atomic E-state index is -0.383. The van der Waals surface area contributed by atoms with Gasteiger partial charge in [0.15, 0.2) is 0 Å². The van der Waals surface area contributed by atoms with Crippen molar-refractivity contribution in [2.45, 2.75) is 0 Å². The molecular formula is C11H17N5O2. The predicted molar refractivity (Wildman–Crippen MR) is 70.2 cm³/mol. The van der Waals surface area contributed by atoms with E-state index in [1.54, 1.807) is 11.1 Å². The van der Waals surface area contributed by atoms with Crippen LogP contribution >= 0.6 is 0 Å². The summed E-state index contributed by atoms with van der Waals surface area (Å²) < 4.78 is 2.47. The summed E-state index contributed by atoms with van der Waals surface area (Å²) in [6.07, 6.45) is 3.08. The largest absolute Gasteiger partial charge is 0.368 e. The van der Waals surface area contributed by atoms with Crippen molar-refractivity contribution in [2.75, 3.05) is 43.2 Å². The van der Waals surface area contributed by atoms with Crippen molar-refractivity contribution in [2.24, 2.45) is 0 Å². The van der Waals surface area contributed by atoms with Crippen LogP contribution in [0.3, 0.4) is 0 Å². The van der Waals surface area contributed by atoms with E-state index < -0.39 is 0 Å².